The van der Waals surface area contributed by atoms with Gasteiger partial charge in [0.25, 0.3) is 0 Å². The minimum atomic E-state index is -0.915. The largest absolute Gasteiger partial charge is 0.490 e. The second kappa shape index (κ2) is 11.6. The molecule has 0 aliphatic rings. The Labute approximate surface area is 185 Å². The SMILES string of the molecule is CCCCCCCOc1ccc(-c2ccc(-c3ccc(CCC)cc3)cc2)c(F)c1F. The van der Waals surface area contributed by atoms with E-state index in [1.165, 1.54) is 24.5 Å². The van der Waals surface area contributed by atoms with Gasteiger partial charge in [0.1, 0.15) is 0 Å². The highest BCUT2D eigenvalue weighted by Crippen LogP contribution is 2.31. The molecule has 3 rings (SSSR count). The zero-order chi connectivity index (χ0) is 22.1. The number of hydrogen-bond donors (Lipinski definition) is 0. The van der Waals surface area contributed by atoms with Gasteiger partial charge in [-0.15, -0.1) is 0 Å². The Morgan fingerprint density at radius 2 is 1.23 bits per heavy atom. The average Bonchev–Trinajstić information content (AvgIpc) is 2.80. The molecule has 0 radical (unpaired) electrons. The standard InChI is InChI=1S/C28H32F2O/c1-3-5-6-7-8-20-31-26-19-18-25(27(29)28(26)30)24-16-14-23(15-17-24)22-12-10-21(9-4-2)11-13-22/h10-19H,3-9,20H2,1-2H3. The zero-order valence-electron chi connectivity index (χ0n) is 18.6. The Kier molecular flexibility index (Phi) is 8.63. The predicted octanol–water partition coefficient (Wildman–Crippen LogP) is 8.60. The summed E-state index contributed by atoms with van der Waals surface area (Å²) in [6.07, 6.45) is 7.61. The van der Waals surface area contributed by atoms with Crippen molar-refractivity contribution >= 4 is 0 Å². The molecule has 0 heterocycles. The topological polar surface area (TPSA) is 9.23 Å². The Bertz CT molecular complexity index is 946. The Morgan fingerprint density at radius 3 is 1.87 bits per heavy atom. The molecule has 3 aromatic carbocycles. The molecular formula is C28H32F2O. The summed E-state index contributed by atoms with van der Waals surface area (Å²) in [5, 5.41) is 0. The van der Waals surface area contributed by atoms with E-state index in [4.69, 9.17) is 4.74 Å². The van der Waals surface area contributed by atoms with Crippen molar-refractivity contribution in [2.45, 2.75) is 58.8 Å². The molecule has 0 unspecified atom stereocenters. The van der Waals surface area contributed by atoms with Gasteiger partial charge in [0.2, 0.25) is 5.82 Å². The third-order valence-corrected chi connectivity index (χ3v) is 5.57. The maximum Gasteiger partial charge on any atom is 0.201 e. The van der Waals surface area contributed by atoms with Crippen LogP contribution in [-0.4, -0.2) is 6.61 Å². The summed E-state index contributed by atoms with van der Waals surface area (Å²) in [5.41, 5.74) is 4.38. The van der Waals surface area contributed by atoms with Gasteiger partial charge in [-0.1, -0.05) is 94.5 Å². The molecule has 3 heteroatoms. The van der Waals surface area contributed by atoms with Gasteiger partial charge in [0, 0.05) is 5.56 Å². The number of benzene rings is 3. The first-order chi connectivity index (χ1) is 15.1. The molecule has 31 heavy (non-hydrogen) atoms. The maximum atomic E-state index is 14.7. The molecule has 1 nitrogen and oxygen atoms in total. The molecule has 0 saturated carbocycles. The molecule has 0 spiro atoms. The lowest BCUT2D eigenvalue weighted by molar-refractivity contribution is 0.285. The molecule has 164 valence electrons. The van der Waals surface area contributed by atoms with E-state index in [9.17, 15) is 8.78 Å². The van der Waals surface area contributed by atoms with E-state index in [1.807, 2.05) is 24.3 Å². The fraction of sp³-hybridized carbons (Fsp3) is 0.357. The van der Waals surface area contributed by atoms with Crippen molar-refractivity contribution in [2.75, 3.05) is 6.61 Å². The van der Waals surface area contributed by atoms with E-state index in [0.29, 0.717) is 12.2 Å². The molecule has 0 aliphatic heterocycles. The van der Waals surface area contributed by atoms with Crippen LogP contribution in [0, 0.1) is 11.6 Å². The first kappa shape index (κ1) is 23.0. The van der Waals surface area contributed by atoms with Crippen molar-refractivity contribution in [3.63, 3.8) is 0 Å². The van der Waals surface area contributed by atoms with Crippen molar-refractivity contribution < 1.29 is 13.5 Å². The second-order valence-corrected chi connectivity index (χ2v) is 8.03. The van der Waals surface area contributed by atoms with Gasteiger partial charge in [-0.2, -0.15) is 4.39 Å². The highest BCUT2D eigenvalue weighted by atomic mass is 19.2. The van der Waals surface area contributed by atoms with Crippen LogP contribution in [0.4, 0.5) is 8.78 Å². The van der Waals surface area contributed by atoms with Crippen LogP contribution in [0.5, 0.6) is 5.75 Å². The zero-order valence-corrected chi connectivity index (χ0v) is 18.6. The lowest BCUT2D eigenvalue weighted by Gasteiger charge is -2.11. The second-order valence-electron chi connectivity index (χ2n) is 8.03. The van der Waals surface area contributed by atoms with E-state index in [1.54, 1.807) is 6.07 Å². The van der Waals surface area contributed by atoms with Gasteiger partial charge < -0.3 is 4.74 Å². The molecule has 0 N–H and O–H groups in total. The summed E-state index contributed by atoms with van der Waals surface area (Å²) in [7, 11) is 0. The predicted molar refractivity (Wildman–Crippen MR) is 125 cm³/mol. The number of halogens is 2. The smallest absolute Gasteiger partial charge is 0.201 e. The molecule has 0 saturated heterocycles. The quantitative estimate of drug-likeness (QED) is 0.281. The molecule has 3 aromatic rings. The Hall–Kier alpha value is -2.68. The van der Waals surface area contributed by atoms with Gasteiger partial charge in [0.15, 0.2) is 11.6 Å². The summed E-state index contributed by atoms with van der Waals surface area (Å²) < 4.78 is 34.7. The molecule has 0 aromatic heterocycles. The minimum absolute atomic E-state index is 0.0134. The van der Waals surface area contributed by atoms with Crippen molar-refractivity contribution in [1.82, 2.24) is 0 Å². The van der Waals surface area contributed by atoms with E-state index in [0.717, 1.165) is 43.2 Å². The van der Waals surface area contributed by atoms with Crippen LogP contribution in [0.3, 0.4) is 0 Å². The van der Waals surface area contributed by atoms with E-state index in [2.05, 4.69) is 38.1 Å². The molecule has 0 amide bonds. The van der Waals surface area contributed by atoms with Crippen LogP contribution in [0.2, 0.25) is 0 Å². The fourth-order valence-corrected chi connectivity index (χ4v) is 3.75. The lowest BCUT2D eigenvalue weighted by atomic mass is 9.98. The van der Waals surface area contributed by atoms with Crippen LogP contribution in [0.15, 0.2) is 60.7 Å². The van der Waals surface area contributed by atoms with Gasteiger partial charge in [0.05, 0.1) is 6.61 Å². The number of rotatable bonds is 11. The molecule has 0 fully saturated rings. The van der Waals surface area contributed by atoms with Gasteiger partial charge in [-0.25, -0.2) is 4.39 Å². The first-order valence-corrected chi connectivity index (χ1v) is 11.4. The average molecular weight is 423 g/mol. The minimum Gasteiger partial charge on any atom is -0.490 e. The molecular weight excluding hydrogens is 390 g/mol. The fourth-order valence-electron chi connectivity index (χ4n) is 3.75. The number of ether oxygens (including phenoxy) is 1. The highest BCUT2D eigenvalue weighted by molar-refractivity contribution is 5.71. The van der Waals surface area contributed by atoms with Crippen LogP contribution in [-0.2, 0) is 6.42 Å². The van der Waals surface area contributed by atoms with Crippen LogP contribution in [0.1, 0.15) is 57.9 Å². The summed E-state index contributed by atoms with van der Waals surface area (Å²) in [5.74, 6) is -1.79. The van der Waals surface area contributed by atoms with Crippen LogP contribution >= 0.6 is 0 Å². The summed E-state index contributed by atoms with van der Waals surface area (Å²) in [6, 6.07) is 19.2. The first-order valence-electron chi connectivity index (χ1n) is 11.4. The summed E-state index contributed by atoms with van der Waals surface area (Å²) in [6.45, 7) is 4.74. The molecule has 0 bridgehead atoms. The van der Waals surface area contributed by atoms with Gasteiger partial charge >= 0.3 is 0 Å². The Balaban J connectivity index is 1.67. The maximum absolute atomic E-state index is 14.7. The number of hydrogen-bond acceptors (Lipinski definition) is 1. The van der Waals surface area contributed by atoms with Crippen LogP contribution in [0.25, 0.3) is 22.3 Å². The van der Waals surface area contributed by atoms with E-state index in [-0.39, 0.29) is 11.3 Å². The van der Waals surface area contributed by atoms with Crippen molar-refractivity contribution in [3.8, 4) is 28.0 Å². The van der Waals surface area contributed by atoms with Gasteiger partial charge in [-0.05, 0) is 47.2 Å². The number of unbranched alkanes of at least 4 members (excludes halogenated alkanes) is 4. The van der Waals surface area contributed by atoms with Gasteiger partial charge in [-0.3, -0.25) is 0 Å². The Morgan fingerprint density at radius 1 is 0.613 bits per heavy atom. The van der Waals surface area contributed by atoms with E-state index < -0.39 is 11.6 Å². The summed E-state index contributed by atoms with van der Waals surface area (Å²) in [4.78, 5) is 0. The van der Waals surface area contributed by atoms with Crippen LogP contribution < -0.4 is 4.74 Å². The summed E-state index contributed by atoms with van der Waals surface area (Å²) >= 11 is 0. The third kappa shape index (κ3) is 6.16. The third-order valence-electron chi connectivity index (χ3n) is 5.57. The molecule has 0 atom stereocenters. The van der Waals surface area contributed by atoms with Crippen molar-refractivity contribution in [1.29, 1.82) is 0 Å². The molecule has 0 aliphatic carbocycles. The van der Waals surface area contributed by atoms with E-state index >= 15 is 0 Å². The lowest BCUT2D eigenvalue weighted by Crippen LogP contribution is -2.01. The number of aryl methyl sites for hydroxylation is 1. The van der Waals surface area contributed by atoms with Crippen molar-refractivity contribution in [2.24, 2.45) is 0 Å². The normalized spacial score (nSPS) is 11.0. The highest BCUT2D eigenvalue weighted by Gasteiger charge is 2.16. The van der Waals surface area contributed by atoms with Crippen molar-refractivity contribution in [3.05, 3.63) is 77.9 Å². The monoisotopic (exact) mass is 422 g/mol.